The zero-order valence-electron chi connectivity index (χ0n) is 19.2. The Morgan fingerprint density at radius 2 is 1.64 bits per heavy atom. The Labute approximate surface area is 195 Å². The van der Waals surface area contributed by atoms with Crippen molar-refractivity contribution in [2.45, 2.75) is 58.0 Å². The second-order valence-electron chi connectivity index (χ2n) is 8.76. The third kappa shape index (κ3) is 5.45. The summed E-state index contributed by atoms with van der Waals surface area (Å²) in [6.07, 6.45) is 10.3. The number of hydrogen-bond donors (Lipinski definition) is 1. The average Bonchev–Trinajstić information content (AvgIpc) is 2.83. The molecule has 1 aliphatic rings. The first-order chi connectivity index (χ1) is 16.0. The van der Waals surface area contributed by atoms with Gasteiger partial charge in [0.2, 0.25) is 5.91 Å². The van der Waals surface area contributed by atoms with Crippen LogP contribution in [0.4, 0.5) is 5.69 Å². The van der Waals surface area contributed by atoms with Crippen LogP contribution in [0.2, 0.25) is 0 Å². The highest BCUT2D eigenvalue weighted by Crippen LogP contribution is 2.31. The number of aromatic nitrogens is 2. The molecule has 33 heavy (non-hydrogen) atoms. The molecule has 0 radical (unpaired) electrons. The van der Waals surface area contributed by atoms with E-state index in [-0.39, 0.29) is 17.9 Å². The van der Waals surface area contributed by atoms with Crippen LogP contribution < -0.4 is 10.2 Å². The molecule has 2 amide bonds. The first-order valence-corrected chi connectivity index (χ1v) is 11.6. The van der Waals surface area contributed by atoms with E-state index in [0.717, 1.165) is 36.8 Å². The smallest absolute Gasteiger partial charge is 0.277 e. The van der Waals surface area contributed by atoms with Crippen molar-refractivity contribution >= 4 is 17.5 Å². The number of amides is 2. The van der Waals surface area contributed by atoms with Gasteiger partial charge in [-0.1, -0.05) is 31.4 Å². The average molecular weight is 443 g/mol. The Hall–Kier alpha value is -3.54. The van der Waals surface area contributed by atoms with Gasteiger partial charge in [0.15, 0.2) is 0 Å². The third-order valence-corrected chi connectivity index (χ3v) is 6.07. The molecule has 0 spiro atoms. The van der Waals surface area contributed by atoms with Gasteiger partial charge >= 0.3 is 0 Å². The van der Waals surface area contributed by atoms with E-state index in [2.05, 4.69) is 21.4 Å². The summed E-state index contributed by atoms with van der Waals surface area (Å²) in [5, 5.41) is 3.23. The first kappa shape index (κ1) is 22.6. The lowest BCUT2D eigenvalue weighted by Gasteiger charge is -2.33. The van der Waals surface area contributed by atoms with Gasteiger partial charge in [-0.25, -0.2) is 0 Å². The largest absolute Gasteiger partial charge is 0.351 e. The van der Waals surface area contributed by atoms with E-state index in [1.165, 1.54) is 6.42 Å². The predicted octanol–water partition coefficient (Wildman–Crippen LogP) is 4.93. The number of nitrogens with one attached hydrogen (secondary N) is 1. The lowest BCUT2D eigenvalue weighted by molar-refractivity contribution is -0.123. The molecule has 2 heterocycles. The van der Waals surface area contributed by atoms with E-state index in [1.807, 2.05) is 26.0 Å². The van der Waals surface area contributed by atoms with Gasteiger partial charge < -0.3 is 5.32 Å². The normalized spacial score (nSPS) is 15.0. The standard InChI is InChI=1S/C27H30N4O2/c1-19-16-20(2)18-23(17-19)31(27(33)24-10-6-7-13-29-24)25(21-11-14-28-15-12-21)26(32)30-22-8-4-3-5-9-22/h6-7,10-18,22,25H,3-5,8-9H2,1-2H3,(H,30,32)/t25-/m0/s1. The molecule has 0 unspecified atom stereocenters. The van der Waals surface area contributed by atoms with Crippen LogP contribution in [0, 0.1) is 13.8 Å². The third-order valence-electron chi connectivity index (χ3n) is 6.07. The summed E-state index contributed by atoms with van der Waals surface area (Å²) in [4.78, 5) is 37.6. The van der Waals surface area contributed by atoms with Gasteiger partial charge in [-0.3, -0.25) is 24.5 Å². The molecule has 3 aromatic rings. The maximum atomic E-state index is 13.8. The number of aryl methyl sites for hydroxylation is 2. The van der Waals surface area contributed by atoms with Crippen molar-refractivity contribution < 1.29 is 9.59 Å². The number of carbonyl (C=O) groups excluding carboxylic acids is 2. The minimum Gasteiger partial charge on any atom is -0.351 e. The fraction of sp³-hybridized carbons (Fsp3) is 0.333. The van der Waals surface area contributed by atoms with Crippen molar-refractivity contribution in [1.82, 2.24) is 15.3 Å². The summed E-state index contributed by atoms with van der Waals surface area (Å²) in [7, 11) is 0. The fourth-order valence-corrected chi connectivity index (χ4v) is 4.58. The van der Waals surface area contributed by atoms with Crippen LogP contribution in [0.25, 0.3) is 0 Å². The van der Waals surface area contributed by atoms with Gasteiger partial charge in [0.1, 0.15) is 11.7 Å². The first-order valence-electron chi connectivity index (χ1n) is 11.6. The van der Waals surface area contributed by atoms with Crippen LogP contribution >= 0.6 is 0 Å². The number of rotatable bonds is 6. The molecule has 170 valence electrons. The molecule has 1 N–H and O–H groups in total. The highest BCUT2D eigenvalue weighted by molar-refractivity contribution is 6.09. The zero-order valence-corrected chi connectivity index (χ0v) is 19.2. The van der Waals surface area contributed by atoms with Crippen molar-refractivity contribution in [3.05, 3.63) is 89.5 Å². The molecule has 2 aromatic heterocycles. The van der Waals surface area contributed by atoms with E-state index >= 15 is 0 Å². The summed E-state index contributed by atoms with van der Waals surface area (Å²) in [6, 6.07) is 14.0. The second-order valence-corrected chi connectivity index (χ2v) is 8.76. The number of anilines is 1. The molecule has 6 heteroatoms. The molecular formula is C27H30N4O2. The Morgan fingerprint density at radius 1 is 0.939 bits per heavy atom. The Bertz CT molecular complexity index is 1080. The van der Waals surface area contributed by atoms with Crippen LogP contribution in [-0.2, 0) is 4.79 Å². The lowest BCUT2D eigenvalue weighted by Crippen LogP contribution is -2.47. The number of hydrogen-bond acceptors (Lipinski definition) is 4. The van der Waals surface area contributed by atoms with Crippen LogP contribution in [0.3, 0.4) is 0 Å². The highest BCUT2D eigenvalue weighted by atomic mass is 16.2. The minimum atomic E-state index is -0.842. The summed E-state index contributed by atoms with van der Waals surface area (Å²) in [5.74, 6) is -0.502. The molecule has 4 rings (SSSR count). The molecule has 1 saturated carbocycles. The van der Waals surface area contributed by atoms with Crippen LogP contribution in [-0.4, -0.2) is 27.8 Å². The minimum absolute atomic E-state index is 0.127. The van der Waals surface area contributed by atoms with E-state index in [9.17, 15) is 9.59 Å². The van der Waals surface area contributed by atoms with Gasteiger partial charge in [0, 0.05) is 30.3 Å². The van der Waals surface area contributed by atoms with Gasteiger partial charge in [0.05, 0.1) is 0 Å². The topological polar surface area (TPSA) is 75.2 Å². The molecule has 1 aromatic carbocycles. The second kappa shape index (κ2) is 10.4. The quantitative estimate of drug-likeness (QED) is 0.587. The summed E-state index contributed by atoms with van der Waals surface area (Å²) < 4.78 is 0. The Balaban J connectivity index is 1.81. The van der Waals surface area contributed by atoms with Gasteiger partial charge in [0.25, 0.3) is 5.91 Å². The van der Waals surface area contributed by atoms with E-state index in [0.29, 0.717) is 16.9 Å². The molecule has 1 fully saturated rings. The van der Waals surface area contributed by atoms with Crippen molar-refractivity contribution in [3.63, 3.8) is 0 Å². The molecule has 0 bridgehead atoms. The van der Waals surface area contributed by atoms with E-state index < -0.39 is 6.04 Å². The Kier molecular flexibility index (Phi) is 7.13. The molecular weight excluding hydrogens is 412 g/mol. The molecule has 6 nitrogen and oxygen atoms in total. The molecule has 1 aliphatic carbocycles. The van der Waals surface area contributed by atoms with Crippen molar-refractivity contribution in [2.75, 3.05) is 4.90 Å². The maximum Gasteiger partial charge on any atom is 0.277 e. The monoisotopic (exact) mass is 442 g/mol. The SMILES string of the molecule is Cc1cc(C)cc(N(C(=O)c2ccccn2)[C@H](C(=O)NC2CCCCC2)c2ccncc2)c1. The summed E-state index contributed by atoms with van der Waals surface area (Å²) in [6.45, 7) is 3.98. The van der Waals surface area contributed by atoms with E-state index in [4.69, 9.17) is 0 Å². The number of benzene rings is 1. The summed E-state index contributed by atoms with van der Waals surface area (Å²) in [5.41, 5.74) is 3.71. The van der Waals surface area contributed by atoms with Crippen LogP contribution in [0.1, 0.15) is 65.3 Å². The predicted molar refractivity (Wildman–Crippen MR) is 129 cm³/mol. The lowest BCUT2D eigenvalue weighted by atomic mass is 9.94. The van der Waals surface area contributed by atoms with Crippen LogP contribution in [0.15, 0.2) is 67.1 Å². The Morgan fingerprint density at radius 3 is 2.27 bits per heavy atom. The molecule has 1 atom stereocenters. The fourth-order valence-electron chi connectivity index (χ4n) is 4.58. The number of nitrogens with zero attached hydrogens (tertiary/aromatic N) is 3. The van der Waals surface area contributed by atoms with Crippen molar-refractivity contribution in [2.24, 2.45) is 0 Å². The molecule has 0 aliphatic heterocycles. The maximum absolute atomic E-state index is 13.8. The number of pyridine rings is 2. The molecule has 0 saturated heterocycles. The highest BCUT2D eigenvalue weighted by Gasteiger charge is 2.35. The van der Waals surface area contributed by atoms with Gasteiger partial charge in [-0.05, 0) is 79.8 Å². The van der Waals surface area contributed by atoms with E-state index in [1.54, 1.807) is 53.8 Å². The van der Waals surface area contributed by atoms with Crippen LogP contribution in [0.5, 0.6) is 0 Å². The summed E-state index contributed by atoms with van der Waals surface area (Å²) >= 11 is 0. The zero-order chi connectivity index (χ0) is 23.2. The van der Waals surface area contributed by atoms with Crippen molar-refractivity contribution in [1.29, 1.82) is 0 Å². The van der Waals surface area contributed by atoms with Gasteiger partial charge in [-0.15, -0.1) is 0 Å². The van der Waals surface area contributed by atoms with Gasteiger partial charge in [-0.2, -0.15) is 0 Å². The number of carbonyl (C=O) groups is 2. The van der Waals surface area contributed by atoms with Crippen molar-refractivity contribution in [3.8, 4) is 0 Å².